The molecule has 0 saturated heterocycles. The van der Waals surface area contributed by atoms with Crippen molar-refractivity contribution in [2.24, 2.45) is 5.73 Å². The topological polar surface area (TPSA) is 92.5 Å². The summed E-state index contributed by atoms with van der Waals surface area (Å²) in [6.45, 7) is 4.47. The summed E-state index contributed by atoms with van der Waals surface area (Å²) in [6, 6.07) is 0.373. The maximum absolute atomic E-state index is 11.8. The molecule has 6 nitrogen and oxygen atoms in total. The number of sulfone groups is 1. The van der Waals surface area contributed by atoms with Crippen molar-refractivity contribution in [3.8, 4) is 0 Å². The lowest BCUT2D eigenvalue weighted by Gasteiger charge is -2.31. The summed E-state index contributed by atoms with van der Waals surface area (Å²) in [5, 5.41) is 3.29. The molecule has 1 saturated carbocycles. The first-order valence-electron chi connectivity index (χ1n) is 7.01. The predicted molar refractivity (Wildman–Crippen MR) is 80.2 cm³/mol. The van der Waals surface area contributed by atoms with E-state index >= 15 is 0 Å². The van der Waals surface area contributed by atoms with Crippen LogP contribution in [0.25, 0.3) is 0 Å². The summed E-state index contributed by atoms with van der Waals surface area (Å²) in [5.74, 6) is -0.175. The molecule has 1 aliphatic carbocycles. The summed E-state index contributed by atoms with van der Waals surface area (Å²) in [6.07, 6.45) is 3.43. The van der Waals surface area contributed by atoms with Crippen LogP contribution in [0.1, 0.15) is 33.1 Å². The van der Waals surface area contributed by atoms with Gasteiger partial charge in [-0.25, -0.2) is 8.42 Å². The number of primary amides is 1. The van der Waals surface area contributed by atoms with Crippen LogP contribution in [0.4, 0.5) is 0 Å². The molecule has 2 unspecified atom stereocenters. The number of hydrogen-bond donors (Lipinski definition) is 2. The largest absolute Gasteiger partial charge is 0.368 e. The molecule has 0 aromatic carbocycles. The molecule has 0 spiro atoms. The summed E-state index contributed by atoms with van der Waals surface area (Å²) >= 11 is 0. The third kappa shape index (κ3) is 4.71. The zero-order valence-electron chi connectivity index (χ0n) is 12.8. The average Bonchev–Trinajstić information content (AvgIpc) is 2.69. The number of nitrogens with one attached hydrogen (secondary N) is 1. The van der Waals surface area contributed by atoms with Crippen LogP contribution < -0.4 is 11.1 Å². The standard InChI is InChI=1S/C13H27N3O3S/c1-10(2)15-13(12(14)17)6-5-11(9-13)16(3)7-8-20(4,18)19/h10-11,15H,5-9H2,1-4H3,(H2,14,17). The van der Waals surface area contributed by atoms with Crippen molar-refractivity contribution in [2.45, 2.75) is 50.7 Å². The van der Waals surface area contributed by atoms with E-state index in [2.05, 4.69) is 5.32 Å². The molecule has 1 rings (SSSR count). The van der Waals surface area contributed by atoms with Crippen LogP contribution in [0.15, 0.2) is 0 Å². The maximum atomic E-state index is 11.8. The van der Waals surface area contributed by atoms with Crippen LogP contribution in [0.3, 0.4) is 0 Å². The SMILES string of the molecule is CC(C)NC1(C(N)=O)CCC(N(C)CCS(C)(=O)=O)C1. The van der Waals surface area contributed by atoms with Crippen molar-refractivity contribution in [1.82, 2.24) is 10.2 Å². The van der Waals surface area contributed by atoms with E-state index in [1.54, 1.807) is 0 Å². The number of amides is 1. The van der Waals surface area contributed by atoms with Crippen molar-refractivity contribution in [3.63, 3.8) is 0 Å². The van der Waals surface area contributed by atoms with Gasteiger partial charge in [0.15, 0.2) is 0 Å². The third-order valence-corrected chi connectivity index (χ3v) is 4.89. The minimum atomic E-state index is -2.96. The average molecular weight is 305 g/mol. The highest BCUT2D eigenvalue weighted by Crippen LogP contribution is 2.33. The Kier molecular flexibility index (Phi) is 5.57. The minimum Gasteiger partial charge on any atom is -0.368 e. The van der Waals surface area contributed by atoms with E-state index in [4.69, 9.17) is 5.73 Å². The Morgan fingerprint density at radius 2 is 2.10 bits per heavy atom. The van der Waals surface area contributed by atoms with Gasteiger partial charge in [-0.2, -0.15) is 0 Å². The second kappa shape index (κ2) is 6.41. The molecule has 20 heavy (non-hydrogen) atoms. The highest BCUT2D eigenvalue weighted by molar-refractivity contribution is 7.90. The van der Waals surface area contributed by atoms with Gasteiger partial charge in [0.05, 0.1) is 11.3 Å². The van der Waals surface area contributed by atoms with E-state index in [0.29, 0.717) is 19.4 Å². The smallest absolute Gasteiger partial charge is 0.237 e. The van der Waals surface area contributed by atoms with Gasteiger partial charge in [0.25, 0.3) is 0 Å². The van der Waals surface area contributed by atoms with Gasteiger partial charge >= 0.3 is 0 Å². The molecule has 0 aromatic rings. The Bertz CT molecular complexity index is 450. The molecule has 7 heteroatoms. The van der Waals surface area contributed by atoms with Crippen molar-refractivity contribution in [1.29, 1.82) is 0 Å². The highest BCUT2D eigenvalue weighted by Gasteiger charge is 2.45. The van der Waals surface area contributed by atoms with E-state index in [1.807, 2.05) is 25.8 Å². The van der Waals surface area contributed by atoms with Gasteiger partial charge in [-0.15, -0.1) is 0 Å². The Morgan fingerprint density at radius 3 is 2.55 bits per heavy atom. The lowest BCUT2D eigenvalue weighted by atomic mass is 9.95. The number of carbonyl (C=O) groups is 1. The van der Waals surface area contributed by atoms with E-state index in [-0.39, 0.29) is 23.7 Å². The fraction of sp³-hybridized carbons (Fsp3) is 0.923. The van der Waals surface area contributed by atoms with Crippen LogP contribution in [0, 0.1) is 0 Å². The monoisotopic (exact) mass is 305 g/mol. The summed E-state index contributed by atoms with van der Waals surface area (Å²) in [5.41, 5.74) is 4.92. The zero-order chi connectivity index (χ0) is 15.6. The van der Waals surface area contributed by atoms with Crippen molar-refractivity contribution in [2.75, 3.05) is 25.6 Å². The van der Waals surface area contributed by atoms with E-state index in [1.165, 1.54) is 6.26 Å². The molecule has 0 aromatic heterocycles. The van der Waals surface area contributed by atoms with Gasteiger partial charge in [-0.3, -0.25) is 4.79 Å². The van der Waals surface area contributed by atoms with Gasteiger partial charge in [0.2, 0.25) is 5.91 Å². The quantitative estimate of drug-likeness (QED) is 0.676. The molecule has 0 heterocycles. The predicted octanol–water partition coefficient (Wildman–Crippen LogP) is -0.263. The fourth-order valence-electron chi connectivity index (χ4n) is 2.87. The number of nitrogens with two attached hydrogens (primary N) is 1. The van der Waals surface area contributed by atoms with E-state index in [9.17, 15) is 13.2 Å². The van der Waals surface area contributed by atoms with E-state index < -0.39 is 15.4 Å². The lowest BCUT2D eigenvalue weighted by Crippen LogP contribution is -2.56. The van der Waals surface area contributed by atoms with Crippen LogP contribution in [0.2, 0.25) is 0 Å². The van der Waals surface area contributed by atoms with Crippen LogP contribution in [-0.4, -0.2) is 62.4 Å². The first-order chi connectivity index (χ1) is 9.06. The molecular formula is C13H27N3O3S. The van der Waals surface area contributed by atoms with Crippen LogP contribution >= 0.6 is 0 Å². The molecule has 1 amide bonds. The van der Waals surface area contributed by atoms with Crippen molar-refractivity contribution < 1.29 is 13.2 Å². The maximum Gasteiger partial charge on any atom is 0.237 e. The summed E-state index contributed by atoms with van der Waals surface area (Å²) in [4.78, 5) is 13.8. The normalized spacial score (nSPS) is 27.4. The fourth-order valence-corrected chi connectivity index (χ4v) is 3.49. The lowest BCUT2D eigenvalue weighted by molar-refractivity contribution is -0.124. The van der Waals surface area contributed by atoms with Crippen molar-refractivity contribution in [3.05, 3.63) is 0 Å². The molecule has 0 aliphatic heterocycles. The van der Waals surface area contributed by atoms with Gasteiger partial charge in [0, 0.05) is 24.9 Å². The second-order valence-corrected chi connectivity index (χ2v) is 8.51. The first kappa shape index (κ1) is 17.4. The third-order valence-electron chi connectivity index (χ3n) is 3.96. The molecule has 2 atom stereocenters. The number of rotatable bonds is 7. The van der Waals surface area contributed by atoms with Gasteiger partial charge in [-0.05, 0) is 40.2 Å². The number of hydrogen-bond acceptors (Lipinski definition) is 5. The summed E-state index contributed by atoms with van der Waals surface area (Å²) in [7, 11) is -1.06. The Hall–Kier alpha value is -0.660. The molecule has 3 N–H and O–H groups in total. The number of carbonyl (C=O) groups excluding carboxylic acids is 1. The number of nitrogens with zero attached hydrogens (tertiary/aromatic N) is 1. The molecule has 0 bridgehead atoms. The van der Waals surface area contributed by atoms with Crippen molar-refractivity contribution >= 4 is 15.7 Å². The molecular weight excluding hydrogens is 278 g/mol. The van der Waals surface area contributed by atoms with E-state index in [0.717, 1.165) is 6.42 Å². The zero-order valence-corrected chi connectivity index (χ0v) is 13.7. The Balaban J connectivity index is 2.66. The van der Waals surface area contributed by atoms with Gasteiger partial charge in [0.1, 0.15) is 9.84 Å². The van der Waals surface area contributed by atoms with Crippen LogP contribution in [-0.2, 0) is 14.6 Å². The second-order valence-electron chi connectivity index (χ2n) is 6.25. The van der Waals surface area contributed by atoms with Gasteiger partial charge < -0.3 is 16.0 Å². The molecule has 1 fully saturated rings. The Labute approximate surface area is 122 Å². The van der Waals surface area contributed by atoms with Gasteiger partial charge in [-0.1, -0.05) is 0 Å². The molecule has 0 radical (unpaired) electrons. The first-order valence-corrected chi connectivity index (χ1v) is 9.07. The minimum absolute atomic E-state index is 0.140. The van der Waals surface area contributed by atoms with Crippen LogP contribution in [0.5, 0.6) is 0 Å². The Morgan fingerprint density at radius 1 is 1.50 bits per heavy atom. The molecule has 118 valence electrons. The summed E-state index contributed by atoms with van der Waals surface area (Å²) < 4.78 is 22.4. The highest BCUT2D eigenvalue weighted by atomic mass is 32.2. The molecule has 1 aliphatic rings.